The lowest BCUT2D eigenvalue weighted by atomic mass is 9.89. The Balaban J connectivity index is 0.962. The molecule has 3 unspecified atom stereocenters. The molecule has 0 aromatic heterocycles. The average molecular weight is 935 g/mol. The first-order valence-electron chi connectivity index (χ1n) is 21.7. The molecule has 0 bridgehead atoms. The number of ether oxygens (including phenoxy) is 10. The zero-order valence-electron chi connectivity index (χ0n) is 36.5. The van der Waals surface area contributed by atoms with Gasteiger partial charge < -0.3 is 52.5 Å². The molecule has 3 atom stereocenters. The SMILES string of the molecule is C=CC(=O)OCCCCOc1ccc(C(=O)Oc2ccc(OC(=O)C3C=C(CC(=O)Oc4ccc(OC(=O)c5ccc(O)cc5)c(C(=O)OC5CCO5)c4)CCC3)cc2C(=O)OCC2CO2)cc1. The molecule has 2 heterocycles. The summed E-state index contributed by atoms with van der Waals surface area (Å²) >= 11 is 0. The number of rotatable bonds is 21. The Morgan fingerprint density at radius 3 is 1.90 bits per heavy atom. The number of esters is 7. The third-order valence-corrected chi connectivity index (χ3v) is 10.4. The lowest BCUT2D eigenvalue weighted by Crippen LogP contribution is -2.32. The predicted octanol–water partition coefficient (Wildman–Crippen LogP) is 6.81. The molecule has 68 heavy (non-hydrogen) atoms. The normalized spacial score (nSPS) is 16.9. The van der Waals surface area contributed by atoms with E-state index in [4.69, 9.17) is 47.4 Å². The van der Waals surface area contributed by atoms with Crippen LogP contribution in [-0.2, 0) is 38.1 Å². The van der Waals surface area contributed by atoms with E-state index in [2.05, 4.69) is 6.58 Å². The van der Waals surface area contributed by atoms with Crippen molar-refractivity contribution in [2.24, 2.45) is 5.92 Å². The van der Waals surface area contributed by atoms with Gasteiger partial charge in [-0.25, -0.2) is 24.0 Å². The zero-order chi connectivity index (χ0) is 48.0. The van der Waals surface area contributed by atoms with Gasteiger partial charge in [-0.2, -0.15) is 0 Å². The Kier molecular flexibility index (Phi) is 16.3. The van der Waals surface area contributed by atoms with Gasteiger partial charge in [0.15, 0.2) is 0 Å². The molecule has 0 radical (unpaired) electrons. The lowest BCUT2D eigenvalue weighted by molar-refractivity contribution is -0.184. The molecule has 1 N–H and O–H groups in total. The summed E-state index contributed by atoms with van der Waals surface area (Å²) < 4.78 is 54.0. The summed E-state index contributed by atoms with van der Waals surface area (Å²) in [6.45, 7) is 4.73. The molecule has 4 aromatic rings. The van der Waals surface area contributed by atoms with Crippen LogP contribution in [0.3, 0.4) is 0 Å². The van der Waals surface area contributed by atoms with Crippen molar-refractivity contribution in [3.05, 3.63) is 131 Å². The average Bonchev–Trinajstić information content (AvgIpc) is 4.16. The Morgan fingerprint density at radius 1 is 0.676 bits per heavy atom. The van der Waals surface area contributed by atoms with Crippen LogP contribution in [0.15, 0.2) is 109 Å². The minimum absolute atomic E-state index is 0.0277. The van der Waals surface area contributed by atoms with E-state index < -0.39 is 54.0 Å². The van der Waals surface area contributed by atoms with Gasteiger partial charge in [0.25, 0.3) is 0 Å². The number of hydrogen-bond acceptors (Lipinski definition) is 18. The van der Waals surface area contributed by atoms with Crippen molar-refractivity contribution in [2.45, 2.75) is 57.3 Å². The minimum atomic E-state index is -0.880. The van der Waals surface area contributed by atoms with E-state index in [0.29, 0.717) is 69.7 Å². The summed E-state index contributed by atoms with van der Waals surface area (Å²) in [7, 11) is 0. The summed E-state index contributed by atoms with van der Waals surface area (Å²) in [5.74, 6) is -5.89. The van der Waals surface area contributed by atoms with Crippen LogP contribution in [0.5, 0.6) is 34.5 Å². The number of carbonyl (C=O) groups is 7. The van der Waals surface area contributed by atoms with E-state index in [-0.39, 0.29) is 76.7 Å². The molecule has 1 aliphatic carbocycles. The van der Waals surface area contributed by atoms with Crippen LogP contribution >= 0.6 is 0 Å². The monoisotopic (exact) mass is 934 g/mol. The third kappa shape index (κ3) is 13.8. The fourth-order valence-electron chi connectivity index (χ4n) is 6.65. The second-order valence-corrected chi connectivity index (χ2v) is 15.5. The highest BCUT2D eigenvalue weighted by molar-refractivity contribution is 5.98. The van der Waals surface area contributed by atoms with E-state index >= 15 is 0 Å². The molecular weight excluding hydrogens is 889 g/mol. The van der Waals surface area contributed by atoms with Crippen LogP contribution in [0.4, 0.5) is 0 Å². The van der Waals surface area contributed by atoms with E-state index in [1.54, 1.807) is 18.2 Å². The third-order valence-electron chi connectivity index (χ3n) is 10.4. The number of phenolic OH excluding ortho intramolecular Hbond substituents is 1. The summed E-state index contributed by atoms with van der Waals surface area (Å²) in [4.78, 5) is 90.3. The van der Waals surface area contributed by atoms with Gasteiger partial charge in [0.2, 0.25) is 6.29 Å². The second-order valence-electron chi connectivity index (χ2n) is 15.5. The minimum Gasteiger partial charge on any atom is -0.508 e. The predicted molar refractivity (Wildman–Crippen MR) is 234 cm³/mol. The summed E-state index contributed by atoms with van der Waals surface area (Å²) in [6.07, 6.45) is 4.58. The number of carbonyl (C=O) groups excluding carboxylic acids is 7. The lowest BCUT2D eigenvalue weighted by Gasteiger charge is -2.26. The van der Waals surface area contributed by atoms with E-state index in [0.717, 1.165) is 6.08 Å². The zero-order valence-corrected chi connectivity index (χ0v) is 36.5. The standard InChI is InChI=1S/C50H46O18/c1-2-43(52)60-22-4-3-21-59-35-14-10-32(11-15-35)47(55)66-41-19-17-37(27-39(41)49(57)63-29-38-28-62-38)65-48(56)33-7-5-6-30(24-33)25-44(53)64-36-16-18-42(40(26-36)50(58)68-45-20-23-61-45)67-46(54)31-8-12-34(51)13-9-31/h2,8-19,24,26-27,33,38,45,51H,1,3-7,20-23,25,28-29H2. The van der Waals surface area contributed by atoms with Crippen molar-refractivity contribution in [2.75, 3.05) is 33.0 Å². The van der Waals surface area contributed by atoms with Crippen LogP contribution < -0.4 is 23.7 Å². The van der Waals surface area contributed by atoms with Crippen molar-refractivity contribution in [3.8, 4) is 34.5 Å². The molecule has 18 nitrogen and oxygen atoms in total. The molecule has 18 heteroatoms. The first-order valence-corrected chi connectivity index (χ1v) is 21.7. The number of phenols is 1. The molecule has 2 fully saturated rings. The molecule has 3 aliphatic rings. The van der Waals surface area contributed by atoms with Crippen LogP contribution in [-0.4, -0.2) is 92.3 Å². The maximum atomic E-state index is 13.5. The van der Waals surface area contributed by atoms with Gasteiger partial charge in [0.1, 0.15) is 58.3 Å². The summed E-state index contributed by atoms with van der Waals surface area (Å²) in [6, 6.07) is 19.2. The van der Waals surface area contributed by atoms with Gasteiger partial charge >= 0.3 is 41.8 Å². The van der Waals surface area contributed by atoms with Crippen LogP contribution in [0, 0.1) is 5.92 Å². The van der Waals surface area contributed by atoms with E-state index in [1.165, 1.54) is 72.8 Å². The first kappa shape index (κ1) is 48.1. The molecular formula is C50H46O18. The van der Waals surface area contributed by atoms with Crippen LogP contribution in [0.25, 0.3) is 0 Å². The maximum absolute atomic E-state index is 13.5. The van der Waals surface area contributed by atoms with E-state index in [1.807, 2.05) is 0 Å². The summed E-state index contributed by atoms with van der Waals surface area (Å²) in [5.41, 5.74) is 0.478. The Labute approximate surface area is 389 Å². The van der Waals surface area contributed by atoms with Gasteiger partial charge in [-0.15, -0.1) is 0 Å². The smallest absolute Gasteiger partial charge is 0.344 e. The highest BCUT2D eigenvalue weighted by atomic mass is 16.7. The first-order chi connectivity index (χ1) is 32.9. The fraction of sp³-hybridized carbons (Fsp3) is 0.300. The number of hydrogen-bond donors (Lipinski definition) is 1. The molecule has 7 rings (SSSR count). The molecule has 0 amide bonds. The van der Waals surface area contributed by atoms with Gasteiger partial charge in [-0.1, -0.05) is 18.2 Å². The number of aromatic hydroxyl groups is 1. The van der Waals surface area contributed by atoms with Crippen molar-refractivity contribution in [3.63, 3.8) is 0 Å². The van der Waals surface area contributed by atoms with Gasteiger partial charge in [-0.05, 0) is 117 Å². The molecule has 0 spiro atoms. The largest absolute Gasteiger partial charge is 0.508 e. The Hall–Kier alpha value is -7.83. The molecule has 2 aliphatic heterocycles. The van der Waals surface area contributed by atoms with Gasteiger partial charge in [-0.3, -0.25) is 9.59 Å². The highest BCUT2D eigenvalue weighted by Crippen LogP contribution is 2.32. The Bertz CT molecular complexity index is 2550. The highest BCUT2D eigenvalue weighted by Gasteiger charge is 2.30. The molecule has 354 valence electrons. The van der Waals surface area contributed by atoms with Crippen molar-refractivity contribution >= 4 is 41.8 Å². The van der Waals surface area contributed by atoms with Crippen LogP contribution in [0.1, 0.15) is 86.4 Å². The van der Waals surface area contributed by atoms with Crippen molar-refractivity contribution in [1.29, 1.82) is 0 Å². The molecule has 4 aromatic carbocycles. The summed E-state index contributed by atoms with van der Waals surface area (Å²) in [5, 5.41) is 9.57. The topological polar surface area (TPSA) is 235 Å². The molecule has 2 saturated heterocycles. The molecule has 0 saturated carbocycles. The van der Waals surface area contributed by atoms with Gasteiger partial charge in [0, 0.05) is 12.5 Å². The van der Waals surface area contributed by atoms with Gasteiger partial charge in [0.05, 0.1) is 49.9 Å². The second kappa shape index (κ2) is 23.1. The quantitative estimate of drug-likeness (QED) is 0.0172. The van der Waals surface area contributed by atoms with E-state index in [9.17, 15) is 38.7 Å². The fourth-order valence-corrected chi connectivity index (χ4v) is 6.65. The maximum Gasteiger partial charge on any atom is 0.344 e. The number of unbranched alkanes of at least 4 members (excludes halogenated alkanes) is 1. The van der Waals surface area contributed by atoms with Crippen LogP contribution in [0.2, 0.25) is 0 Å². The van der Waals surface area contributed by atoms with Crippen molar-refractivity contribution in [1.82, 2.24) is 0 Å². The number of epoxide rings is 1. The number of benzene rings is 4. The van der Waals surface area contributed by atoms with Crippen molar-refractivity contribution < 1.29 is 86.0 Å². The Morgan fingerprint density at radius 2 is 1.28 bits per heavy atom.